The van der Waals surface area contributed by atoms with Gasteiger partial charge >= 0.3 is 0 Å². The molecule has 0 spiro atoms. The number of morpholine rings is 1. The number of ether oxygens (including phenoxy) is 2. The van der Waals surface area contributed by atoms with E-state index in [1.54, 1.807) is 13.3 Å². The highest BCUT2D eigenvalue weighted by atomic mass is 16.5. The van der Waals surface area contributed by atoms with E-state index in [-0.39, 0.29) is 6.10 Å². The van der Waals surface area contributed by atoms with Crippen LogP contribution in [0.5, 0.6) is 5.88 Å². The van der Waals surface area contributed by atoms with Gasteiger partial charge in [0.1, 0.15) is 0 Å². The molecule has 1 aromatic carbocycles. The van der Waals surface area contributed by atoms with Crippen LogP contribution >= 0.6 is 0 Å². The Labute approximate surface area is 106 Å². The van der Waals surface area contributed by atoms with Crippen molar-refractivity contribution in [2.45, 2.75) is 6.10 Å². The second-order valence-corrected chi connectivity index (χ2v) is 4.36. The Hall–Kier alpha value is -1.65. The number of fused-ring (bicyclic) bond motifs is 1. The van der Waals surface area contributed by atoms with Gasteiger partial charge in [-0.05, 0) is 29.1 Å². The Morgan fingerprint density at radius 3 is 3.11 bits per heavy atom. The molecule has 1 aromatic heterocycles. The zero-order valence-electron chi connectivity index (χ0n) is 10.3. The highest BCUT2D eigenvalue weighted by Crippen LogP contribution is 2.27. The number of methoxy groups -OCH3 is 1. The first-order valence-corrected chi connectivity index (χ1v) is 6.13. The lowest BCUT2D eigenvalue weighted by molar-refractivity contribution is 0.0278. The van der Waals surface area contributed by atoms with Crippen LogP contribution in [0.3, 0.4) is 0 Å². The highest BCUT2D eigenvalue weighted by Gasteiger charge is 2.16. The molecule has 18 heavy (non-hydrogen) atoms. The van der Waals surface area contributed by atoms with Gasteiger partial charge in [-0.15, -0.1) is 0 Å². The summed E-state index contributed by atoms with van der Waals surface area (Å²) >= 11 is 0. The van der Waals surface area contributed by atoms with Crippen molar-refractivity contribution in [2.75, 3.05) is 26.8 Å². The van der Waals surface area contributed by atoms with Gasteiger partial charge in [-0.2, -0.15) is 0 Å². The van der Waals surface area contributed by atoms with Crippen molar-refractivity contribution in [3.63, 3.8) is 0 Å². The van der Waals surface area contributed by atoms with Crippen LogP contribution in [0.4, 0.5) is 0 Å². The fourth-order valence-electron chi connectivity index (χ4n) is 2.31. The second kappa shape index (κ2) is 4.92. The van der Waals surface area contributed by atoms with Gasteiger partial charge in [-0.3, -0.25) is 0 Å². The highest BCUT2D eigenvalue weighted by molar-refractivity contribution is 5.87. The zero-order valence-corrected chi connectivity index (χ0v) is 10.3. The van der Waals surface area contributed by atoms with Crippen molar-refractivity contribution >= 4 is 10.8 Å². The minimum absolute atomic E-state index is 0.141. The summed E-state index contributed by atoms with van der Waals surface area (Å²) < 4.78 is 11.0. The van der Waals surface area contributed by atoms with E-state index < -0.39 is 0 Å². The molecule has 4 nitrogen and oxygen atoms in total. The minimum atomic E-state index is 0.141. The summed E-state index contributed by atoms with van der Waals surface area (Å²) in [5.41, 5.74) is 1.20. The van der Waals surface area contributed by atoms with Crippen molar-refractivity contribution in [3.8, 4) is 5.88 Å². The first-order chi connectivity index (χ1) is 8.88. The van der Waals surface area contributed by atoms with E-state index in [0.29, 0.717) is 5.88 Å². The van der Waals surface area contributed by atoms with E-state index in [1.807, 2.05) is 6.07 Å². The fraction of sp³-hybridized carbons (Fsp3) is 0.357. The van der Waals surface area contributed by atoms with Crippen molar-refractivity contribution < 1.29 is 9.47 Å². The van der Waals surface area contributed by atoms with Crippen LogP contribution in [0.2, 0.25) is 0 Å². The predicted octanol–water partition coefficient (Wildman–Crippen LogP) is 1.90. The van der Waals surface area contributed by atoms with Crippen LogP contribution in [0, 0.1) is 0 Å². The number of pyridine rings is 1. The summed E-state index contributed by atoms with van der Waals surface area (Å²) in [5, 5.41) is 5.51. The molecule has 0 bridgehead atoms. The molecule has 2 heterocycles. The number of nitrogens with one attached hydrogen (secondary N) is 1. The van der Waals surface area contributed by atoms with Gasteiger partial charge in [0.2, 0.25) is 5.88 Å². The molecule has 0 saturated carbocycles. The Bertz CT molecular complexity index is 550. The third kappa shape index (κ3) is 2.05. The van der Waals surface area contributed by atoms with Crippen LogP contribution in [0.15, 0.2) is 30.5 Å². The lowest BCUT2D eigenvalue weighted by Crippen LogP contribution is -2.33. The predicted molar refractivity (Wildman–Crippen MR) is 69.9 cm³/mol. The molecule has 1 fully saturated rings. The molecule has 1 aliphatic rings. The van der Waals surface area contributed by atoms with Crippen molar-refractivity contribution in [1.29, 1.82) is 0 Å². The molecule has 2 aromatic rings. The molecule has 1 saturated heterocycles. The average molecular weight is 244 g/mol. The van der Waals surface area contributed by atoms with Crippen LogP contribution in [0.1, 0.15) is 11.7 Å². The Morgan fingerprint density at radius 2 is 2.33 bits per heavy atom. The van der Waals surface area contributed by atoms with Gasteiger partial charge < -0.3 is 14.8 Å². The summed E-state index contributed by atoms with van der Waals surface area (Å²) in [6, 6.07) is 8.29. The van der Waals surface area contributed by atoms with E-state index in [4.69, 9.17) is 9.47 Å². The van der Waals surface area contributed by atoms with Gasteiger partial charge in [0, 0.05) is 24.7 Å². The number of benzene rings is 1. The normalized spacial score (nSPS) is 19.9. The molecular weight excluding hydrogens is 228 g/mol. The van der Waals surface area contributed by atoms with Crippen LogP contribution in [-0.2, 0) is 4.74 Å². The average Bonchev–Trinajstić information content (AvgIpc) is 2.47. The van der Waals surface area contributed by atoms with E-state index in [9.17, 15) is 0 Å². The van der Waals surface area contributed by atoms with Gasteiger partial charge in [-0.25, -0.2) is 4.98 Å². The Morgan fingerprint density at radius 1 is 1.39 bits per heavy atom. The monoisotopic (exact) mass is 244 g/mol. The lowest BCUT2D eigenvalue weighted by Gasteiger charge is -2.24. The summed E-state index contributed by atoms with van der Waals surface area (Å²) in [6.45, 7) is 2.57. The third-order valence-electron chi connectivity index (χ3n) is 3.24. The van der Waals surface area contributed by atoms with Gasteiger partial charge in [0.25, 0.3) is 0 Å². The van der Waals surface area contributed by atoms with Crippen LogP contribution in [0.25, 0.3) is 10.8 Å². The molecule has 4 heteroatoms. The largest absolute Gasteiger partial charge is 0.481 e. The second-order valence-electron chi connectivity index (χ2n) is 4.36. The Kier molecular flexibility index (Phi) is 3.13. The zero-order chi connectivity index (χ0) is 12.4. The lowest BCUT2D eigenvalue weighted by atomic mass is 10.0. The molecule has 1 unspecified atom stereocenters. The summed E-state index contributed by atoms with van der Waals surface area (Å²) in [6.07, 6.45) is 1.91. The van der Waals surface area contributed by atoms with Crippen molar-refractivity contribution in [1.82, 2.24) is 10.3 Å². The number of aromatic nitrogens is 1. The molecule has 94 valence electrons. The van der Waals surface area contributed by atoms with Crippen molar-refractivity contribution in [3.05, 3.63) is 36.0 Å². The fourth-order valence-corrected chi connectivity index (χ4v) is 2.31. The van der Waals surface area contributed by atoms with Gasteiger partial charge in [0.05, 0.1) is 19.8 Å². The minimum Gasteiger partial charge on any atom is -0.481 e. The molecule has 1 atom stereocenters. The number of nitrogens with zero attached hydrogens (tertiary/aromatic N) is 1. The quantitative estimate of drug-likeness (QED) is 0.876. The van der Waals surface area contributed by atoms with Crippen LogP contribution < -0.4 is 10.1 Å². The van der Waals surface area contributed by atoms with Crippen molar-refractivity contribution in [2.24, 2.45) is 0 Å². The van der Waals surface area contributed by atoms with Gasteiger partial charge in [0.15, 0.2) is 0 Å². The molecule has 0 amide bonds. The van der Waals surface area contributed by atoms with E-state index in [0.717, 1.165) is 30.5 Å². The molecule has 0 radical (unpaired) electrons. The molecule has 1 aliphatic heterocycles. The number of rotatable bonds is 2. The van der Waals surface area contributed by atoms with Gasteiger partial charge in [-0.1, -0.05) is 6.07 Å². The maximum atomic E-state index is 5.76. The van der Waals surface area contributed by atoms with Crippen LogP contribution in [-0.4, -0.2) is 31.8 Å². The smallest absolute Gasteiger partial charge is 0.221 e. The molecular formula is C14H16N2O2. The first-order valence-electron chi connectivity index (χ1n) is 6.13. The Balaban J connectivity index is 2.00. The standard InChI is InChI=1S/C14H16N2O2/c1-17-14-12-3-2-11(8-10(12)4-5-16-14)13-9-15-6-7-18-13/h2-5,8,13,15H,6-7,9H2,1H3. The SMILES string of the molecule is COc1nccc2cc(C3CNCCO3)ccc12. The molecule has 3 rings (SSSR count). The maximum absolute atomic E-state index is 5.76. The topological polar surface area (TPSA) is 43.4 Å². The van der Waals surface area contributed by atoms with E-state index in [2.05, 4.69) is 28.5 Å². The maximum Gasteiger partial charge on any atom is 0.221 e. The third-order valence-corrected chi connectivity index (χ3v) is 3.24. The number of hydrogen-bond acceptors (Lipinski definition) is 4. The summed E-state index contributed by atoms with van der Waals surface area (Å²) in [7, 11) is 1.64. The summed E-state index contributed by atoms with van der Waals surface area (Å²) in [4.78, 5) is 4.20. The number of hydrogen-bond donors (Lipinski definition) is 1. The van der Waals surface area contributed by atoms with E-state index in [1.165, 1.54) is 5.56 Å². The first kappa shape index (κ1) is 11.4. The molecule has 0 aliphatic carbocycles. The summed E-state index contributed by atoms with van der Waals surface area (Å²) in [5.74, 6) is 0.668. The van der Waals surface area contributed by atoms with E-state index >= 15 is 0 Å². The molecule has 1 N–H and O–H groups in total.